The lowest BCUT2D eigenvalue weighted by Gasteiger charge is -2.36. The third kappa shape index (κ3) is 4.04. The second-order valence-corrected chi connectivity index (χ2v) is 6.99. The van der Waals surface area contributed by atoms with Crippen LogP contribution in [-0.4, -0.2) is 40.0 Å². The van der Waals surface area contributed by atoms with E-state index in [1.165, 1.54) is 10.9 Å². The Balaban J connectivity index is 0.00000225. The summed E-state index contributed by atoms with van der Waals surface area (Å²) in [4.78, 5) is 31.8. The highest BCUT2D eigenvalue weighted by Crippen LogP contribution is 2.25. The van der Waals surface area contributed by atoms with E-state index < -0.39 is 0 Å². The van der Waals surface area contributed by atoms with Gasteiger partial charge in [0.1, 0.15) is 6.54 Å². The molecule has 2 heterocycles. The summed E-state index contributed by atoms with van der Waals surface area (Å²) in [6, 6.07) is 14.6. The van der Waals surface area contributed by atoms with Gasteiger partial charge in [0, 0.05) is 24.7 Å². The third-order valence-corrected chi connectivity index (χ3v) is 5.07. The van der Waals surface area contributed by atoms with Gasteiger partial charge in [-0.25, -0.2) is 4.98 Å². The fourth-order valence-electron chi connectivity index (χ4n) is 3.47. The van der Waals surface area contributed by atoms with Crippen LogP contribution in [0.1, 0.15) is 11.6 Å². The largest absolute Gasteiger partial charge is 0.332 e. The lowest BCUT2D eigenvalue weighted by molar-refractivity contribution is -0.135. The van der Waals surface area contributed by atoms with Gasteiger partial charge in [0.25, 0.3) is 5.56 Å². The van der Waals surface area contributed by atoms with Gasteiger partial charge in [0.05, 0.1) is 23.3 Å². The summed E-state index contributed by atoms with van der Waals surface area (Å²) in [6.45, 7) is 1.91. The molecule has 1 aliphatic heterocycles. The van der Waals surface area contributed by atoms with Crippen LogP contribution in [0, 0.1) is 0 Å². The molecule has 146 valence electrons. The number of halogens is 2. The number of fused-ring (bicyclic) bond motifs is 1. The zero-order chi connectivity index (χ0) is 18.8. The molecule has 1 fully saturated rings. The Morgan fingerprint density at radius 3 is 2.86 bits per heavy atom. The maximum Gasteiger partial charge on any atom is 0.261 e. The topological polar surface area (TPSA) is 67.2 Å². The summed E-state index contributed by atoms with van der Waals surface area (Å²) >= 11 is 6.12. The van der Waals surface area contributed by atoms with Gasteiger partial charge in [-0.05, 0) is 29.8 Å². The van der Waals surface area contributed by atoms with E-state index >= 15 is 0 Å². The molecule has 1 saturated heterocycles. The summed E-state index contributed by atoms with van der Waals surface area (Å²) in [5.41, 5.74) is 1.40. The number of para-hydroxylation sites is 1. The summed E-state index contributed by atoms with van der Waals surface area (Å²) in [5, 5.41) is 4.47. The molecule has 3 aromatic rings. The highest BCUT2D eigenvalue weighted by Gasteiger charge is 2.28. The number of hydrogen-bond acceptors (Lipinski definition) is 4. The molecule has 6 nitrogen and oxygen atoms in total. The van der Waals surface area contributed by atoms with Crippen molar-refractivity contribution in [3.8, 4) is 0 Å². The van der Waals surface area contributed by atoms with Crippen LogP contribution in [-0.2, 0) is 11.3 Å². The van der Waals surface area contributed by atoms with E-state index in [9.17, 15) is 9.59 Å². The number of nitrogens with zero attached hydrogens (tertiary/aromatic N) is 3. The Hall–Kier alpha value is -2.41. The van der Waals surface area contributed by atoms with E-state index in [2.05, 4.69) is 10.3 Å². The van der Waals surface area contributed by atoms with E-state index in [0.29, 0.717) is 35.6 Å². The first-order valence-electron chi connectivity index (χ1n) is 8.83. The number of nitrogens with one attached hydrogen (secondary N) is 1. The first-order chi connectivity index (χ1) is 13.1. The molecule has 2 aromatic carbocycles. The van der Waals surface area contributed by atoms with Crippen molar-refractivity contribution in [3.05, 3.63) is 75.8 Å². The lowest BCUT2D eigenvalue weighted by atomic mass is 10.0. The highest BCUT2D eigenvalue weighted by molar-refractivity contribution is 6.30. The standard InChI is InChI=1S/C20H19ClN4O2.ClH/c21-15-5-3-4-14(10-15)18-11-22-8-9-25(18)19(26)12-24-13-23-17-7-2-1-6-16(17)20(24)27;/h1-7,10,13,18,22H,8-9,11-12H2;1H. The quantitative estimate of drug-likeness (QED) is 0.709. The van der Waals surface area contributed by atoms with Gasteiger partial charge in [0.15, 0.2) is 0 Å². The van der Waals surface area contributed by atoms with Gasteiger partial charge in [-0.15, -0.1) is 12.4 Å². The molecule has 0 radical (unpaired) electrons. The maximum atomic E-state index is 13.0. The van der Waals surface area contributed by atoms with Crippen LogP contribution in [0.2, 0.25) is 5.02 Å². The van der Waals surface area contributed by atoms with Gasteiger partial charge in [-0.3, -0.25) is 14.2 Å². The maximum absolute atomic E-state index is 13.0. The predicted molar refractivity (Wildman–Crippen MR) is 112 cm³/mol. The average Bonchev–Trinajstić information content (AvgIpc) is 2.70. The molecule has 0 aliphatic carbocycles. The molecular weight excluding hydrogens is 399 g/mol. The number of aromatic nitrogens is 2. The van der Waals surface area contributed by atoms with Crippen molar-refractivity contribution in [2.75, 3.05) is 19.6 Å². The number of carbonyl (C=O) groups is 1. The molecule has 1 unspecified atom stereocenters. The van der Waals surface area contributed by atoms with E-state index in [0.717, 1.165) is 5.56 Å². The number of hydrogen-bond donors (Lipinski definition) is 1. The van der Waals surface area contributed by atoms with Crippen molar-refractivity contribution >= 4 is 40.8 Å². The molecule has 4 rings (SSSR count). The molecule has 0 bridgehead atoms. The monoisotopic (exact) mass is 418 g/mol. The summed E-state index contributed by atoms with van der Waals surface area (Å²) in [7, 11) is 0. The Labute approximate surface area is 173 Å². The van der Waals surface area contributed by atoms with Gasteiger partial charge < -0.3 is 10.2 Å². The molecule has 1 atom stereocenters. The molecule has 1 amide bonds. The molecule has 0 saturated carbocycles. The average molecular weight is 419 g/mol. The van der Waals surface area contributed by atoms with Crippen molar-refractivity contribution in [1.82, 2.24) is 19.8 Å². The van der Waals surface area contributed by atoms with Crippen molar-refractivity contribution in [2.45, 2.75) is 12.6 Å². The van der Waals surface area contributed by atoms with Gasteiger partial charge in [-0.1, -0.05) is 35.9 Å². The minimum atomic E-state index is -0.205. The minimum absolute atomic E-state index is 0. The molecule has 28 heavy (non-hydrogen) atoms. The van der Waals surface area contributed by atoms with Gasteiger partial charge in [0.2, 0.25) is 5.91 Å². The second kappa shape index (κ2) is 8.73. The predicted octanol–water partition coefficient (Wildman–Crippen LogP) is 2.64. The highest BCUT2D eigenvalue weighted by atomic mass is 35.5. The fourth-order valence-corrected chi connectivity index (χ4v) is 3.67. The van der Waals surface area contributed by atoms with Crippen molar-refractivity contribution < 1.29 is 4.79 Å². The molecule has 1 N–H and O–H groups in total. The van der Waals surface area contributed by atoms with E-state index in [4.69, 9.17) is 11.6 Å². The van der Waals surface area contributed by atoms with Crippen LogP contribution in [0.15, 0.2) is 59.7 Å². The van der Waals surface area contributed by atoms with E-state index in [1.807, 2.05) is 35.2 Å². The van der Waals surface area contributed by atoms with Crippen molar-refractivity contribution in [2.24, 2.45) is 0 Å². The SMILES string of the molecule is Cl.O=C(Cn1cnc2ccccc2c1=O)N1CCNCC1c1cccc(Cl)c1. The van der Waals surface area contributed by atoms with Crippen molar-refractivity contribution in [1.29, 1.82) is 0 Å². The van der Waals surface area contributed by atoms with E-state index in [1.54, 1.807) is 18.2 Å². The molecule has 1 aromatic heterocycles. The first kappa shape index (κ1) is 20.3. The van der Waals surface area contributed by atoms with Crippen LogP contribution in [0.3, 0.4) is 0 Å². The number of rotatable bonds is 3. The molecule has 0 spiro atoms. The smallest absolute Gasteiger partial charge is 0.261 e. The van der Waals surface area contributed by atoms with E-state index in [-0.39, 0.29) is 36.5 Å². The summed E-state index contributed by atoms with van der Waals surface area (Å²) in [6.07, 6.45) is 1.44. The normalized spacial score (nSPS) is 16.6. The van der Waals surface area contributed by atoms with Crippen LogP contribution >= 0.6 is 24.0 Å². The second-order valence-electron chi connectivity index (χ2n) is 6.56. The molecular formula is C20H20Cl2N4O2. The zero-order valence-corrected chi connectivity index (χ0v) is 16.6. The Kier molecular flexibility index (Phi) is 6.34. The zero-order valence-electron chi connectivity index (χ0n) is 15.0. The Morgan fingerprint density at radius 2 is 2.04 bits per heavy atom. The molecule has 1 aliphatic rings. The minimum Gasteiger partial charge on any atom is -0.332 e. The number of carbonyl (C=O) groups excluding carboxylic acids is 1. The van der Waals surface area contributed by atoms with Gasteiger partial charge in [-0.2, -0.15) is 0 Å². The summed E-state index contributed by atoms with van der Waals surface area (Å²) in [5.74, 6) is -0.111. The van der Waals surface area contributed by atoms with Crippen molar-refractivity contribution in [3.63, 3.8) is 0 Å². The Morgan fingerprint density at radius 1 is 1.21 bits per heavy atom. The number of amides is 1. The fraction of sp³-hybridized carbons (Fsp3) is 0.250. The first-order valence-corrected chi connectivity index (χ1v) is 9.21. The van der Waals surface area contributed by atoms with Crippen LogP contribution in [0.25, 0.3) is 10.9 Å². The third-order valence-electron chi connectivity index (χ3n) is 4.83. The van der Waals surface area contributed by atoms with Gasteiger partial charge >= 0.3 is 0 Å². The lowest BCUT2D eigenvalue weighted by Crippen LogP contribution is -2.50. The van der Waals surface area contributed by atoms with Crippen LogP contribution < -0.4 is 10.9 Å². The summed E-state index contributed by atoms with van der Waals surface area (Å²) < 4.78 is 1.38. The Bertz CT molecular complexity index is 1050. The van der Waals surface area contributed by atoms with Crippen LogP contribution in [0.4, 0.5) is 0 Å². The number of piperazine rings is 1. The van der Waals surface area contributed by atoms with Crippen LogP contribution in [0.5, 0.6) is 0 Å². The molecule has 8 heteroatoms. The number of benzene rings is 2.